The Kier molecular flexibility index (Phi) is 5.99. The van der Waals surface area contributed by atoms with Crippen LogP contribution in [0.3, 0.4) is 0 Å². The van der Waals surface area contributed by atoms with Crippen LogP contribution in [0.1, 0.15) is 35.9 Å². The molecule has 3 rings (SSSR count). The number of carbonyl (C=O) groups excluding carboxylic acids is 1. The Morgan fingerprint density at radius 2 is 1.75 bits per heavy atom. The smallest absolute Gasteiger partial charge is 0.251 e. The van der Waals surface area contributed by atoms with Gasteiger partial charge in [-0.15, -0.1) is 0 Å². The van der Waals surface area contributed by atoms with Crippen molar-refractivity contribution >= 4 is 11.7 Å². The molecule has 0 aliphatic heterocycles. The van der Waals surface area contributed by atoms with Crippen molar-refractivity contribution in [2.45, 2.75) is 19.9 Å². The van der Waals surface area contributed by atoms with Crippen LogP contribution in [0, 0.1) is 5.92 Å². The van der Waals surface area contributed by atoms with Crippen molar-refractivity contribution in [2.24, 2.45) is 5.92 Å². The van der Waals surface area contributed by atoms with Crippen LogP contribution in [0.15, 0.2) is 61.1 Å². The van der Waals surface area contributed by atoms with Crippen LogP contribution in [0.25, 0.3) is 11.3 Å². The first-order valence-corrected chi connectivity index (χ1v) is 9.27. The van der Waals surface area contributed by atoms with Gasteiger partial charge in [0.1, 0.15) is 12.1 Å². The predicted molar refractivity (Wildman–Crippen MR) is 111 cm³/mol. The normalized spacial score (nSPS) is 11.9. The molecule has 1 atom stereocenters. The summed E-state index contributed by atoms with van der Waals surface area (Å²) in [6, 6.07) is 15.0. The van der Waals surface area contributed by atoms with Crippen molar-refractivity contribution in [1.29, 1.82) is 0 Å². The molecule has 1 aromatic carbocycles. The van der Waals surface area contributed by atoms with Crippen LogP contribution in [0.2, 0.25) is 0 Å². The van der Waals surface area contributed by atoms with Gasteiger partial charge >= 0.3 is 0 Å². The summed E-state index contributed by atoms with van der Waals surface area (Å²) >= 11 is 0. The van der Waals surface area contributed by atoms with E-state index in [2.05, 4.69) is 34.1 Å². The number of aromatic nitrogens is 3. The van der Waals surface area contributed by atoms with E-state index in [0.717, 1.165) is 22.8 Å². The highest BCUT2D eigenvalue weighted by Gasteiger charge is 2.20. The summed E-state index contributed by atoms with van der Waals surface area (Å²) in [7, 11) is 3.87. The summed E-state index contributed by atoms with van der Waals surface area (Å²) in [6.07, 6.45) is 3.29. The Labute approximate surface area is 165 Å². The second-order valence-corrected chi connectivity index (χ2v) is 7.18. The van der Waals surface area contributed by atoms with Crippen molar-refractivity contribution in [1.82, 2.24) is 20.3 Å². The van der Waals surface area contributed by atoms with Gasteiger partial charge in [-0.05, 0) is 30.2 Å². The van der Waals surface area contributed by atoms with Crippen LogP contribution < -0.4 is 10.2 Å². The number of hydrogen-bond donors (Lipinski definition) is 1. The van der Waals surface area contributed by atoms with E-state index in [0.29, 0.717) is 5.56 Å². The van der Waals surface area contributed by atoms with Gasteiger partial charge in [0.25, 0.3) is 5.91 Å². The van der Waals surface area contributed by atoms with Gasteiger partial charge in [0.05, 0.1) is 17.4 Å². The number of anilines is 1. The molecule has 0 bridgehead atoms. The van der Waals surface area contributed by atoms with E-state index in [-0.39, 0.29) is 17.9 Å². The number of rotatable bonds is 6. The van der Waals surface area contributed by atoms with E-state index in [4.69, 9.17) is 0 Å². The van der Waals surface area contributed by atoms with Gasteiger partial charge in [-0.3, -0.25) is 9.78 Å². The van der Waals surface area contributed by atoms with Crippen molar-refractivity contribution < 1.29 is 4.79 Å². The van der Waals surface area contributed by atoms with E-state index in [1.54, 1.807) is 12.5 Å². The zero-order valence-corrected chi connectivity index (χ0v) is 16.6. The van der Waals surface area contributed by atoms with Gasteiger partial charge in [-0.2, -0.15) is 0 Å². The predicted octanol–water partition coefficient (Wildman–Crippen LogP) is 3.73. The SMILES string of the molecule is CC(C)[C@H](NC(=O)c1ccc(-c2cc(N(C)C)ncn2)cc1)c1ccccn1. The molecule has 28 heavy (non-hydrogen) atoms. The zero-order chi connectivity index (χ0) is 20.1. The number of nitrogens with one attached hydrogen (secondary N) is 1. The Hall–Kier alpha value is -3.28. The quantitative estimate of drug-likeness (QED) is 0.711. The lowest BCUT2D eigenvalue weighted by Crippen LogP contribution is -2.32. The van der Waals surface area contributed by atoms with Gasteiger partial charge in [-0.1, -0.05) is 32.0 Å². The third kappa shape index (κ3) is 4.52. The molecule has 0 unspecified atom stereocenters. The molecule has 0 aliphatic carbocycles. The number of hydrogen-bond acceptors (Lipinski definition) is 5. The van der Waals surface area contributed by atoms with Crippen LogP contribution in [-0.4, -0.2) is 35.0 Å². The van der Waals surface area contributed by atoms with E-state index < -0.39 is 0 Å². The van der Waals surface area contributed by atoms with Crippen molar-refractivity contribution in [3.05, 3.63) is 72.3 Å². The second kappa shape index (κ2) is 8.61. The minimum absolute atomic E-state index is 0.118. The Morgan fingerprint density at radius 1 is 1.00 bits per heavy atom. The van der Waals surface area contributed by atoms with Gasteiger partial charge in [0, 0.05) is 37.5 Å². The van der Waals surface area contributed by atoms with Gasteiger partial charge in [0.15, 0.2) is 0 Å². The van der Waals surface area contributed by atoms with Gasteiger partial charge in [-0.25, -0.2) is 9.97 Å². The molecule has 0 fully saturated rings. The summed E-state index contributed by atoms with van der Waals surface area (Å²) in [5.74, 6) is 0.943. The molecular weight excluding hydrogens is 350 g/mol. The molecule has 0 aliphatic rings. The highest BCUT2D eigenvalue weighted by molar-refractivity contribution is 5.94. The molecule has 6 heteroatoms. The second-order valence-electron chi connectivity index (χ2n) is 7.18. The number of amides is 1. The number of nitrogens with zero attached hydrogens (tertiary/aromatic N) is 4. The fourth-order valence-corrected chi connectivity index (χ4v) is 2.91. The maximum atomic E-state index is 12.8. The summed E-state index contributed by atoms with van der Waals surface area (Å²) < 4.78 is 0. The molecule has 2 heterocycles. The molecule has 2 aromatic heterocycles. The van der Waals surface area contributed by atoms with Crippen molar-refractivity contribution in [3.63, 3.8) is 0 Å². The van der Waals surface area contributed by atoms with E-state index in [9.17, 15) is 4.79 Å². The minimum atomic E-state index is -0.141. The lowest BCUT2D eigenvalue weighted by Gasteiger charge is -2.22. The van der Waals surface area contributed by atoms with Crippen molar-refractivity contribution in [2.75, 3.05) is 19.0 Å². The third-order valence-corrected chi connectivity index (χ3v) is 4.51. The monoisotopic (exact) mass is 375 g/mol. The Morgan fingerprint density at radius 3 is 2.36 bits per heavy atom. The molecular formula is C22H25N5O. The third-order valence-electron chi connectivity index (χ3n) is 4.51. The first-order valence-electron chi connectivity index (χ1n) is 9.27. The Bertz CT molecular complexity index is 923. The van der Waals surface area contributed by atoms with Crippen LogP contribution in [0.4, 0.5) is 5.82 Å². The first kappa shape index (κ1) is 19.5. The highest BCUT2D eigenvalue weighted by atomic mass is 16.1. The van der Waals surface area contributed by atoms with Crippen LogP contribution in [0.5, 0.6) is 0 Å². The Balaban J connectivity index is 1.77. The van der Waals surface area contributed by atoms with Crippen molar-refractivity contribution in [3.8, 4) is 11.3 Å². The summed E-state index contributed by atoms with van der Waals surface area (Å²) in [6.45, 7) is 4.14. The standard InChI is InChI=1S/C22H25N5O/c1-15(2)21(18-7-5-6-12-23-18)26-22(28)17-10-8-16(9-11-17)19-13-20(27(3)4)25-14-24-19/h5-15,21H,1-4H3,(H,26,28)/t21-/m0/s1. The average molecular weight is 375 g/mol. The molecule has 144 valence electrons. The van der Waals surface area contributed by atoms with Crippen LogP contribution in [-0.2, 0) is 0 Å². The fourth-order valence-electron chi connectivity index (χ4n) is 2.91. The lowest BCUT2D eigenvalue weighted by atomic mass is 9.99. The average Bonchev–Trinajstić information content (AvgIpc) is 2.72. The molecule has 3 aromatic rings. The summed E-state index contributed by atoms with van der Waals surface area (Å²) in [4.78, 5) is 27.6. The van der Waals surface area contributed by atoms with Crippen LogP contribution >= 0.6 is 0 Å². The lowest BCUT2D eigenvalue weighted by molar-refractivity contribution is 0.0924. The zero-order valence-electron chi connectivity index (χ0n) is 16.6. The summed E-state index contributed by atoms with van der Waals surface area (Å²) in [5, 5.41) is 3.10. The molecule has 0 spiro atoms. The number of benzene rings is 1. The molecule has 0 saturated heterocycles. The first-order chi connectivity index (χ1) is 13.5. The van der Waals surface area contributed by atoms with E-state index in [1.165, 1.54) is 0 Å². The summed E-state index contributed by atoms with van der Waals surface area (Å²) in [5.41, 5.74) is 3.22. The van der Waals surface area contributed by atoms with E-state index >= 15 is 0 Å². The molecule has 0 saturated carbocycles. The number of pyridine rings is 1. The molecule has 6 nitrogen and oxygen atoms in total. The number of carbonyl (C=O) groups is 1. The van der Waals surface area contributed by atoms with Gasteiger partial charge in [0.2, 0.25) is 0 Å². The molecule has 0 radical (unpaired) electrons. The topological polar surface area (TPSA) is 71.0 Å². The largest absolute Gasteiger partial charge is 0.363 e. The maximum Gasteiger partial charge on any atom is 0.251 e. The van der Waals surface area contributed by atoms with Gasteiger partial charge < -0.3 is 10.2 Å². The molecule has 1 N–H and O–H groups in total. The minimum Gasteiger partial charge on any atom is -0.363 e. The fraction of sp³-hybridized carbons (Fsp3) is 0.273. The highest BCUT2D eigenvalue weighted by Crippen LogP contribution is 2.22. The maximum absolute atomic E-state index is 12.8. The molecule has 1 amide bonds. The van der Waals surface area contributed by atoms with E-state index in [1.807, 2.05) is 67.5 Å².